The molecule has 27 heavy (non-hydrogen) atoms. The second-order valence-corrected chi connectivity index (χ2v) is 9.03. The van der Waals surface area contributed by atoms with Gasteiger partial charge in [-0.1, -0.05) is 55.8 Å². The lowest BCUT2D eigenvalue weighted by Gasteiger charge is -2.12. The predicted octanol–water partition coefficient (Wildman–Crippen LogP) is 6.30. The Morgan fingerprint density at radius 1 is 1.11 bits per heavy atom. The molecular formula is C20H12Br2N2O2S. The number of para-hydroxylation sites is 2. The number of carbonyl (C=O) groups excluding carboxylic acids is 1. The number of anilines is 2. The van der Waals surface area contributed by atoms with E-state index in [0.717, 1.165) is 31.6 Å². The SMILES string of the molecule is O=C1/C(=C/c2ccc(-c3cc(Br)ccc3Br)o2)SC2Nc3ccccc3N12. The second kappa shape index (κ2) is 6.58. The number of thioether (sulfide) groups is 1. The predicted molar refractivity (Wildman–Crippen MR) is 116 cm³/mol. The zero-order chi connectivity index (χ0) is 18.5. The van der Waals surface area contributed by atoms with Gasteiger partial charge in [0.05, 0.1) is 16.3 Å². The second-order valence-electron chi connectivity index (χ2n) is 6.14. The molecule has 1 fully saturated rings. The van der Waals surface area contributed by atoms with Gasteiger partial charge in [0.2, 0.25) is 0 Å². The standard InChI is InChI=1S/C20H12Br2N2O2S/c21-11-5-7-14(22)13(9-11)17-8-6-12(26-17)10-18-19(25)24-16-4-2-1-3-15(16)23-20(24)27-18/h1-10,20,23H/b18-10-. The zero-order valence-electron chi connectivity index (χ0n) is 13.8. The van der Waals surface area contributed by atoms with Gasteiger partial charge >= 0.3 is 0 Å². The smallest absolute Gasteiger partial charge is 0.267 e. The van der Waals surface area contributed by atoms with Crippen molar-refractivity contribution in [3.05, 3.63) is 74.2 Å². The van der Waals surface area contributed by atoms with Crippen molar-refractivity contribution in [3.8, 4) is 11.3 Å². The van der Waals surface area contributed by atoms with Crippen LogP contribution in [-0.4, -0.2) is 11.4 Å². The van der Waals surface area contributed by atoms with Gasteiger partial charge in [-0.05, 0) is 42.5 Å². The Morgan fingerprint density at radius 2 is 1.96 bits per heavy atom. The summed E-state index contributed by atoms with van der Waals surface area (Å²) >= 11 is 8.54. The molecule has 1 unspecified atom stereocenters. The minimum atomic E-state index is -0.102. The molecule has 0 saturated carbocycles. The Labute approximate surface area is 176 Å². The number of nitrogens with one attached hydrogen (secondary N) is 1. The van der Waals surface area contributed by atoms with Crippen LogP contribution in [0, 0.1) is 0 Å². The summed E-state index contributed by atoms with van der Waals surface area (Å²) in [5.74, 6) is 1.39. The summed E-state index contributed by atoms with van der Waals surface area (Å²) in [6.45, 7) is 0. The van der Waals surface area contributed by atoms with E-state index in [-0.39, 0.29) is 11.4 Å². The van der Waals surface area contributed by atoms with Crippen LogP contribution in [0.15, 0.2) is 72.9 Å². The Balaban J connectivity index is 1.45. The molecule has 0 bridgehead atoms. The molecule has 2 aromatic carbocycles. The van der Waals surface area contributed by atoms with Crippen molar-refractivity contribution in [2.45, 2.75) is 5.50 Å². The molecule has 4 nitrogen and oxygen atoms in total. The minimum absolute atomic E-state index is 0.0102. The Kier molecular flexibility index (Phi) is 4.18. The number of furan rings is 1. The van der Waals surface area contributed by atoms with E-state index in [1.165, 1.54) is 11.8 Å². The normalized spacial score (nSPS) is 19.3. The Morgan fingerprint density at radius 3 is 2.85 bits per heavy atom. The largest absolute Gasteiger partial charge is 0.457 e. The van der Waals surface area contributed by atoms with E-state index in [4.69, 9.17) is 4.42 Å². The number of rotatable bonds is 2. The van der Waals surface area contributed by atoms with Crippen molar-refractivity contribution >= 4 is 67.0 Å². The van der Waals surface area contributed by atoms with Crippen LogP contribution in [-0.2, 0) is 4.79 Å². The van der Waals surface area contributed by atoms with Crippen molar-refractivity contribution in [3.63, 3.8) is 0 Å². The molecule has 2 aliphatic rings. The quantitative estimate of drug-likeness (QED) is 0.416. The first-order valence-corrected chi connectivity index (χ1v) is 10.7. The maximum atomic E-state index is 12.9. The fraction of sp³-hybridized carbons (Fsp3) is 0.0500. The molecule has 134 valence electrons. The highest BCUT2D eigenvalue weighted by molar-refractivity contribution is 9.11. The van der Waals surface area contributed by atoms with Gasteiger partial charge in [-0.2, -0.15) is 0 Å². The first kappa shape index (κ1) is 17.2. The van der Waals surface area contributed by atoms with Gasteiger partial charge in [0.15, 0.2) is 5.50 Å². The first-order valence-electron chi connectivity index (χ1n) is 8.23. The van der Waals surface area contributed by atoms with E-state index in [1.54, 1.807) is 4.90 Å². The topological polar surface area (TPSA) is 45.5 Å². The molecule has 1 saturated heterocycles. The van der Waals surface area contributed by atoms with E-state index >= 15 is 0 Å². The summed E-state index contributed by atoms with van der Waals surface area (Å²) in [5, 5.41) is 3.37. The van der Waals surface area contributed by atoms with E-state index in [1.807, 2.05) is 60.7 Å². The van der Waals surface area contributed by atoms with Crippen LogP contribution in [0.1, 0.15) is 5.76 Å². The Hall–Kier alpha value is -1.96. The van der Waals surface area contributed by atoms with Crippen LogP contribution in [0.5, 0.6) is 0 Å². The molecule has 7 heteroatoms. The van der Waals surface area contributed by atoms with Crippen LogP contribution in [0.3, 0.4) is 0 Å². The Bertz CT molecular complexity index is 1110. The molecule has 3 aromatic rings. The van der Waals surface area contributed by atoms with Gasteiger partial charge in [-0.25, -0.2) is 0 Å². The fourth-order valence-electron chi connectivity index (χ4n) is 3.20. The molecule has 1 amide bonds. The zero-order valence-corrected chi connectivity index (χ0v) is 17.8. The van der Waals surface area contributed by atoms with Crippen LogP contribution in [0.4, 0.5) is 11.4 Å². The molecule has 0 spiro atoms. The average molecular weight is 504 g/mol. The van der Waals surface area contributed by atoms with E-state index in [9.17, 15) is 4.79 Å². The molecule has 5 rings (SSSR count). The van der Waals surface area contributed by atoms with Crippen molar-refractivity contribution in [1.82, 2.24) is 0 Å². The van der Waals surface area contributed by atoms with Crippen LogP contribution < -0.4 is 10.2 Å². The molecule has 3 heterocycles. The van der Waals surface area contributed by atoms with Crippen LogP contribution >= 0.6 is 43.6 Å². The molecule has 1 N–H and O–H groups in total. The molecule has 0 radical (unpaired) electrons. The lowest BCUT2D eigenvalue weighted by Crippen LogP contribution is -2.31. The maximum absolute atomic E-state index is 12.9. The van der Waals surface area contributed by atoms with Crippen molar-refractivity contribution in [2.24, 2.45) is 0 Å². The van der Waals surface area contributed by atoms with E-state index < -0.39 is 0 Å². The summed E-state index contributed by atoms with van der Waals surface area (Å²) < 4.78 is 7.90. The highest BCUT2D eigenvalue weighted by atomic mass is 79.9. The van der Waals surface area contributed by atoms with Crippen molar-refractivity contribution < 1.29 is 9.21 Å². The number of hydrogen-bond donors (Lipinski definition) is 1. The highest BCUT2D eigenvalue weighted by Gasteiger charge is 2.42. The third-order valence-electron chi connectivity index (χ3n) is 4.44. The molecular weight excluding hydrogens is 492 g/mol. The molecule has 1 atom stereocenters. The number of hydrogen-bond acceptors (Lipinski definition) is 4. The van der Waals surface area contributed by atoms with Gasteiger partial charge in [0.1, 0.15) is 11.5 Å². The summed E-state index contributed by atoms with van der Waals surface area (Å²) in [4.78, 5) is 15.3. The van der Waals surface area contributed by atoms with E-state index in [0.29, 0.717) is 10.7 Å². The minimum Gasteiger partial charge on any atom is -0.457 e. The summed E-state index contributed by atoms with van der Waals surface area (Å²) in [6.07, 6.45) is 1.81. The van der Waals surface area contributed by atoms with Gasteiger partial charge < -0.3 is 9.73 Å². The third kappa shape index (κ3) is 2.94. The van der Waals surface area contributed by atoms with Crippen LogP contribution in [0.25, 0.3) is 17.4 Å². The lowest BCUT2D eigenvalue weighted by molar-refractivity contribution is -0.114. The summed E-state index contributed by atoms with van der Waals surface area (Å²) in [7, 11) is 0. The number of carbonyl (C=O) groups is 1. The van der Waals surface area contributed by atoms with Crippen molar-refractivity contribution in [2.75, 3.05) is 10.2 Å². The van der Waals surface area contributed by atoms with Gasteiger partial charge in [-0.3, -0.25) is 9.69 Å². The molecule has 1 aromatic heterocycles. The number of nitrogens with zero attached hydrogens (tertiary/aromatic N) is 1. The van der Waals surface area contributed by atoms with Crippen LogP contribution in [0.2, 0.25) is 0 Å². The number of benzene rings is 2. The molecule has 2 aliphatic heterocycles. The first-order chi connectivity index (χ1) is 13.1. The number of amides is 1. The third-order valence-corrected chi connectivity index (χ3v) is 6.72. The lowest BCUT2D eigenvalue weighted by atomic mass is 10.2. The van der Waals surface area contributed by atoms with Gasteiger partial charge in [0.25, 0.3) is 5.91 Å². The van der Waals surface area contributed by atoms with E-state index in [2.05, 4.69) is 37.2 Å². The summed E-state index contributed by atoms with van der Waals surface area (Å²) in [6, 6.07) is 17.6. The van der Waals surface area contributed by atoms with Gasteiger partial charge in [-0.15, -0.1) is 0 Å². The monoisotopic (exact) mass is 502 g/mol. The fourth-order valence-corrected chi connectivity index (χ4v) is 5.13. The summed E-state index contributed by atoms with van der Waals surface area (Å²) in [5.41, 5.74) is 2.76. The highest BCUT2D eigenvalue weighted by Crippen LogP contribution is 2.47. The van der Waals surface area contributed by atoms with Crippen molar-refractivity contribution in [1.29, 1.82) is 0 Å². The average Bonchev–Trinajstić information content (AvgIpc) is 3.33. The number of fused-ring (bicyclic) bond motifs is 3. The maximum Gasteiger partial charge on any atom is 0.267 e. The molecule has 0 aliphatic carbocycles. The van der Waals surface area contributed by atoms with Gasteiger partial charge in [0, 0.05) is 20.6 Å². The number of halogens is 2.